The van der Waals surface area contributed by atoms with Gasteiger partial charge in [0.25, 0.3) is 5.91 Å². The Bertz CT molecular complexity index is 755. The third-order valence-corrected chi connectivity index (χ3v) is 4.23. The molecule has 1 amide bonds. The van der Waals surface area contributed by atoms with Gasteiger partial charge < -0.3 is 14.8 Å². The molecular weight excluding hydrogens is 302 g/mol. The zero-order valence-electron chi connectivity index (χ0n) is 14.4. The number of hydrogen-bond acceptors (Lipinski definition) is 3. The van der Waals surface area contributed by atoms with E-state index < -0.39 is 0 Å². The molecule has 4 heteroatoms. The highest BCUT2D eigenvalue weighted by molar-refractivity contribution is 5.78. The van der Waals surface area contributed by atoms with Crippen molar-refractivity contribution in [2.24, 2.45) is 0 Å². The summed E-state index contributed by atoms with van der Waals surface area (Å²) in [6.07, 6.45) is 0.770. The number of benzene rings is 2. The Balaban J connectivity index is 1.63. The standard InChI is InChI=1S/C20H23NO3/c1-13-4-6-18(15(3)10-13)24-12-20(22)21-17-8-9-23-19-7-5-14(2)11-16(17)19/h4-7,10-11,17H,8-9,12H2,1-3H3,(H,21,22). The molecule has 0 radical (unpaired) electrons. The van der Waals surface area contributed by atoms with Crippen molar-refractivity contribution in [1.29, 1.82) is 0 Å². The van der Waals surface area contributed by atoms with Gasteiger partial charge in [-0.2, -0.15) is 0 Å². The molecule has 24 heavy (non-hydrogen) atoms. The van der Waals surface area contributed by atoms with E-state index in [1.54, 1.807) is 0 Å². The van der Waals surface area contributed by atoms with Crippen LogP contribution in [0.15, 0.2) is 36.4 Å². The molecule has 0 saturated heterocycles. The van der Waals surface area contributed by atoms with Crippen LogP contribution in [0.1, 0.15) is 34.7 Å². The van der Waals surface area contributed by atoms with Gasteiger partial charge in [0.05, 0.1) is 12.6 Å². The van der Waals surface area contributed by atoms with Crippen LogP contribution in [0.3, 0.4) is 0 Å². The Morgan fingerprint density at radius 3 is 2.71 bits per heavy atom. The van der Waals surface area contributed by atoms with Crippen molar-refractivity contribution in [1.82, 2.24) is 5.32 Å². The Hall–Kier alpha value is -2.49. The first-order valence-corrected chi connectivity index (χ1v) is 8.25. The second-order valence-corrected chi connectivity index (χ2v) is 6.36. The van der Waals surface area contributed by atoms with E-state index in [1.165, 1.54) is 5.56 Å². The van der Waals surface area contributed by atoms with E-state index in [1.807, 2.05) is 51.1 Å². The van der Waals surface area contributed by atoms with Gasteiger partial charge in [-0.3, -0.25) is 4.79 Å². The average Bonchev–Trinajstić information content (AvgIpc) is 2.54. The van der Waals surface area contributed by atoms with Gasteiger partial charge in [0.2, 0.25) is 0 Å². The summed E-state index contributed by atoms with van der Waals surface area (Å²) in [5.41, 5.74) is 4.42. The Morgan fingerprint density at radius 2 is 1.92 bits per heavy atom. The molecule has 0 saturated carbocycles. The average molecular weight is 325 g/mol. The zero-order chi connectivity index (χ0) is 17.1. The van der Waals surface area contributed by atoms with E-state index in [4.69, 9.17) is 9.47 Å². The van der Waals surface area contributed by atoms with Crippen molar-refractivity contribution in [2.45, 2.75) is 33.2 Å². The second kappa shape index (κ2) is 6.95. The molecule has 0 fully saturated rings. The Labute approximate surface area is 142 Å². The predicted octanol–water partition coefficient (Wildman–Crippen LogP) is 3.63. The molecule has 126 valence electrons. The normalized spacial score (nSPS) is 16.0. The molecule has 3 rings (SSSR count). The van der Waals surface area contributed by atoms with Gasteiger partial charge in [-0.25, -0.2) is 0 Å². The Kier molecular flexibility index (Phi) is 4.74. The van der Waals surface area contributed by atoms with Crippen LogP contribution < -0.4 is 14.8 Å². The van der Waals surface area contributed by atoms with E-state index in [9.17, 15) is 4.79 Å². The molecule has 2 aromatic carbocycles. The summed E-state index contributed by atoms with van der Waals surface area (Å²) in [5.74, 6) is 1.49. The van der Waals surface area contributed by atoms with Gasteiger partial charge in [0.15, 0.2) is 6.61 Å². The summed E-state index contributed by atoms with van der Waals surface area (Å²) < 4.78 is 11.3. The number of rotatable bonds is 4. The van der Waals surface area contributed by atoms with E-state index in [2.05, 4.69) is 11.4 Å². The molecule has 1 heterocycles. The summed E-state index contributed by atoms with van der Waals surface area (Å²) in [4.78, 5) is 12.3. The quantitative estimate of drug-likeness (QED) is 0.934. The monoisotopic (exact) mass is 325 g/mol. The third kappa shape index (κ3) is 3.70. The molecule has 0 aliphatic carbocycles. The van der Waals surface area contributed by atoms with Gasteiger partial charge in [-0.15, -0.1) is 0 Å². The number of ether oxygens (including phenoxy) is 2. The molecule has 1 N–H and O–H groups in total. The fourth-order valence-corrected chi connectivity index (χ4v) is 3.00. The summed E-state index contributed by atoms with van der Waals surface area (Å²) in [6, 6.07) is 12.0. The molecule has 0 bridgehead atoms. The van der Waals surface area contributed by atoms with Crippen LogP contribution in [0, 0.1) is 20.8 Å². The van der Waals surface area contributed by atoms with Gasteiger partial charge in [0, 0.05) is 12.0 Å². The molecule has 1 aliphatic rings. The maximum Gasteiger partial charge on any atom is 0.258 e. The van der Waals surface area contributed by atoms with E-state index in [0.717, 1.165) is 34.6 Å². The topological polar surface area (TPSA) is 47.6 Å². The summed E-state index contributed by atoms with van der Waals surface area (Å²) in [6.45, 7) is 6.68. The number of amides is 1. The van der Waals surface area contributed by atoms with Crippen LogP contribution >= 0.6 is 0 Å². The molecule has 0 aromatic heterocycles. The van der Waals surface area contributed by atoms with Crippen LogP contribution in [0.2, 0.25) is 0 Å². The third-order valence-electron chi connectivity index (χ3n) is 4.23. The fraction of sp³-hybridized carbons (Fsp3) is 0.350. The lowest BCUT2D eigenvalue weighted by molar-refractivity contribution is -0.124. The van der Waals surface area contributed by atoms with Crippen LogP contribution in [-0.4, -0.2) is 19.1 Å². The molecule has 1 atom stereocenters. The minimum Gasteiger partial charge on any atom is -0.493 e. The van der Waals surface area contributed by atoms with Crippen LogP contribution in [0.4, 0.5) is 0 Å². The van der Waals surface area contributed by atoms with Crippen molar-refractivity contribution in [2.75, 3.05) is 13.2 Å². The number of nitrogens with one attached hydrogen (secondary N) is 1. The molecule has 1 unspecified atom stereocenters. The lowest BCUT2D eigenvalue weighted by Gasteiger charge is -2.27. The zero-order valence-corrected chi connectivity index (χ0v) is 14.4. The minimum absolute atomic E-state index is 0.0163. The van der Waals surface area contributed by atoms with Crippen LogP contribution in [0.5, 0.6) is 11.5 Å². The SMILES string of the molecule is Cc1ccc(OCC(=O)NC2CCOc3ccc(C)cc32)c(C)c1. The van der Waals surface area contributed by atoms with Gasteiger partial charge in [-0.1, -0.05) is 35.4 Å². The minimum atomic E-state index is -0.116. The van der Waals surface area contributed by atoms with E-state index in [0.29, 0.717) is 6.61 Å². The van der Waals surface area contributed by atoms with E-state index in [-0.39, 0.29) is 18.6 Å². The predicted molar refractivity (Wildman–Crippen MR) is 93.6 cm³/mol. The molecule has 2 aromatic rings. The van der Waals surface area contributed by atoms with Gasteiger partial charge >= 0.3 is 0 Å². The smallest absolute Gasteiger partial charge is 0.258 e. The highest BCUT2D eigenvalue weighted by Crippen LogP contribution is 2.32. The lowest BCUT2D eigenvalue weighted by atomic mass is 9.98. The highest BCUT2D eigenvalue weighted by atomic mass is 16.5. The maximum atomic E-state index is 12.3. The summed E-state index contributed by atoms with van der Waals surface area (Å²) >= 11 is 0. The Morgan fingerprint density at radius 1 is 1.17 bits per heavy atom. The van der Waals surface area contributed by atoms with Gasteiger partial charge in [-0.05, 0) is 38.5 Å². The summed E-state index contributed by atoms with van der Waals surface area (Å²) in [7, 11) is 0. The molecule has 4 nitrogen and oxygen atoms in total. The summed E-state index contributed by atoms with van der Waals surface area (Å²) in [5, 5.41) is 3.06. The number of carbonyl (C=O) groups is 1. The maximum absolute atomic E-state index is 12.3. The number of hydrogen-bond donors (Lipinski definition) is 1. The number of carbonyl (C=O) groups excluding carboxylic acids is 1. The molecular formula is C20H23NO3. The second-order valence-electron chi connectivity index (χ2n) is 6.36. The largest absolute Gasteiger partial charge is 0.493 e. The highest BCUT2D eigenvalue weighted by Gasteiger charge is 2.23. The van der Waals surface area contributed by atoms with Crippen molar-refractivity contribution < 1.29 is 14.3 Å². The van der Waals surface area contributed by atoms with Gasteiger partial charge in [0.1, 0.15) is 11.5 Å². The van der Waals surface area contributed by atoms with Crippen molar-refractivity contribution in [3.8, 4) is 11.5 Å². The van der Waals surface area contributed by atoms with Crippen molar-refractivity contribution in [3.63, 3.8) is 0 Å². The first-order valence-electron chi connectivity index (χ1n) is 8.25. The van der Waals surface area contributed by atoms with Crippen LogP contribution in [-0.2, 0) is 4.79 Å². The van der Waals surface area contributed by atoms with Crippen molar-refractivity contribution in [3.05, 3.63) is 58.7 Å². The number of fused-ring (bicyclic) bond motifs is 1. The van der Waals surface area contributed by atoms with Crippen molar-refractivity contribution >= 4 is 5.91 Å². The van der Waals surface area contributed by atoms with Crippen LogP contribution in [0.25, 0.3) is 0 Å². The first-order chi connectivity index (χ1) is 11.5. The first kappa shape index (κ1) is 16.4. The fourth-order valence-electron chi connectivity index (χ4n) is 3.00. The lowest BCUT2D eigenvalue weighted by Crippen LogP contribution is -2.35. The molecule has 1 aliphatic heterocycles. The van der Waals surface area contributed by atoms with E-state index >= 15 is 0 Å². The number of aryl methyl sites for hydroxylation is 3. The molecule has 0 spiro atoms.